The number of nitrogens with zero attached hydrogens (tertiary/aromatic N) is 4. The summed E-state index contributed by atoms with van der Waals surface area (Å²) in [6.07, 6.45) is 7.92. The molecule has 4 fully saturated rings. The number of pyridine rings is 3. The maximum atomic E-state index is 13.5. The fraction of sp³-hybridized carbons (Fsp3) is 0.440. The van der Waals surface area contributed by atoms with E-state index in [0.29, 0.717) is 43.3 Å². The maximum Gasteiger partial charge on any atom is 0.268 e. The second kappa shape index (κ2) is 8.18. The van der Waals surface area contributed by atoms with Crippen LogP contribution in [0, 0.1) is 5.92 Å². The molecule has 4 heterocycles. The number of rotatable bonds is 6. The minimum atomic E-state index is -0.510. The molecule has 34 heavy (non-hydrogen) atoms. The highest BCUT2D eigenvalue weighted by Crippen LogP contribution is 2.57. The number of carbonyl (C=O) groups is 1. The minimum absolute atomic E-state index is 0.204. The zero-order valence-electron chi connectivity index (χ0n) is 18.9. The van der Waals surface area contributed by atoms with Gasteiger partial charge in [-0.15, -0.1) is 0 Å². The lowest BCUT2D eigenvalue weighted by Gasteiger charge is -2.61. The normalized spacial score (nSPS) is 23.8. The van der Waals surface area contributed by atoms with Crippen LogP contribution in [0.25, 0.3) is 22.2 Å². The number of morpholine rings is 1. The molecule has 1 aliphatic heterocycles. The van der Waals surface area contributed by atoms with Crippen LogP contribution in [-0.2, 0) is 11.3 Å². The van der Waals surface area contributed by atoms with Crippen LogP contribution in [0.4, 0.5) is 0 Å². The Morgan fingerprint density at radius 1 is 1.18 bits per heavy atom. The van der Waals surface area contributed by atoms with Crippen LogP contribution >= 0.6 is 0 Å². The van der Waals surface area contributed by atoms with Crippen LogP contribution < -0.4 is 10.9 Å². The van der Waals surface area contributed by atoms with Crippen molar-refractivity contribution >= 4 is 16.9 Å². The van der Waals surface area contributed by atoms with Crippen molar-refractivity contribution < 1.29 is 14.6 Å². The minimum Gasteiger partial charge on any atom is -0.506 e. The first-order valence-electron chi connectivity index (χ1n) is 11.8. The van der Waals surface area contributed by atoms with Gasteiger partial charge in [0.05, 0.1) is 18.6 Å². The molecule has 9 nitrogen and oxygen atoms in total. The molecule has 7 rings (SSSR count). The Morgan fingerprint density at radius 2 is 1.97 bits per heavy atom. The third kappa shape index (κ3) is 3.56. The molecule has 4 aliphatic rings. The Kier molecular flexibility index (Phi) is 5.11. The highest BCUT2D eigenvalue weighted by Gasteiger charge is 2.57. The Bertz CT molecular complexity index is 1300. The Balaban J connectivity index is 1.43. The molecule has 0 radical (unpaired) electrons. The summed E-state index contributed by atoms with van der Waals surface area (Å²) in [5.74, 6) is -0.138. The summed E-state index contributed by atoms with van der Waals surface area (Å²) < 4.78 is 6.94. The lowest BCUT2D eigenvalue weighted by atomic mass is 9.50. The molecule has 2 bridgehead atoms. The van der Waals surface area contributed by atoms with Gasteiger partial charge in [-0.2, -0.15) is 0 Å². The number of nitrogens with one attached hydrogen (secondary N) is 1. The molecule has 1 amide bonds. The molecule has 3 saturated carbocycles. The number of aromatic nitrogens is 3. The van der Waals surface area contributed by atoms with E-state index in [1.807, 2.05) is 12.1 Å². The molecule has 9 heteroatoms. The summed E-state index contributed by atoms with van der Waals surface area (Å²) >= 11 is 0. The molecule has 3 aromatic rings. The standard InChI is InChI=1S/C25H27N5O4/c31-21-19-10-18(17-2-1-3-26-14-17)15-27-22(19)30(5-4-29-6-8-34-9-7-29)24(33)20(21)23(32)28-25-11-16(12-25)13-25/h1-3,10,14-16,31H,4-9,11-13H2,(H,28,32). The summed E-state index contributed by atoms with van der Waals surface area (Å²) in [7, 11) is 0. The fourth-order valence-corrected chi connectivity index (χ4v) is 5.42. The molecule has 1 saturated heterocycles. The monoisotopic (exact) mass is 461 g/mol. The molecule has 0 spiro atoms. The number of amides is 1. The van der Waals surface area contributed by atoms with Crippen molar-refractivity contribution in [2.24, 2.45) is 5.92 Å². The summed E-state index contributed by atoms with van der Waals surface area (Å²) in [5, 5.41) is 14.6. The number of ether oxygens (including phenoxy) is 1. The van der Waals surface area contributed by atoms with E-state index < -0.39 is 11.5 Å². The average molecular weight is 462 g/mol. The smallest absolute Gasteiger partial charge is 0.268 e. The zero-order chi connectivity index (χ0) is 23.3. The van der Waals surface area contributed by atoms with Crippen molar-refractivity contribution in [3.8, 4) is 16.9 Å². The molecule has 0 aromatic carbocycles. The predicted octanol–water partition coefficient (Wildman–Crippen LogP) is 1.78. The Labute approximate surface area is 196 Å². The van der Waals surface area contributed by atoms with Crippen molar-refractivity contribution in [1.82, 2.24) is 24.8 Å². The molecule has 176 valence electrons. The predicted molar refractivity (Wildman–Crippen MR) is 126 cm³/mol. The van der Waals surface area contributed by atoms with E-state index in [4.69, 9.17) is 4.74 Å². The van der Waals surface area contributed by atoms with Crippen LogP contribution in [0.3, 0.4) is 0 Å². The largest absolute Gasteiger partial charge is 0.506 e. The second-order valence-electron chi connectivity index (χ2n) is 9.68. The lowest BCUT2D eigenvalue weighted by molar-refractivity contribution is -0.0439. The summed E-state index contributed by atoms with van der Waals surface area (Å²) in [6, 6.07) is 5.50. The van der Waals surface area contributed by atoms with E-state index in [0.717, 1.165) is 43.5 Å². The topological polar surface area (TPSA) is 110 Å². The van der Waals surface area contributed by atoms with Gasteiger partial charge >= 0.3 is 0 Å². The molecule has 0 unspecified atom stereocenters. The average Bonchev–Trinajstić information content (AvgIpc) is 2.81. The fourth-order valence-electron chi connectivity index (χ4n) is 5.42. The van der Waals surface area contributed by atoms with Gasteiger partial charge in [-0.3, -0.25) is 24.0 Å². The number of fused-ring (bicyclic) bond motifs is 1. The first kappa shape index (κ1) is 21.2. The van der Waals surface area contributed by atoms with E-state index >= 15 is 0 Å². The molecular formula is C25H27N5O4. The van der Waals surface area contributed by atoms with E-state index in [9.17, 15) is 14.7 Å². The van der Waals surface area contributed by atoms with E-state index in [1.165, 1.54) is 4.57 Å². The summed E-state index contributed by atoms with van der Waals surface area (Å²) in [5.41, 5.74) is 1.03. The van der Waals surface area contributed by atoms with Crippen molar-refractivity contribution in [2.75, 3.05) is 32.8 Å². The van der Waals surface area contributed by atoms with E-state index in [1.54, 1.807) is 24.7 Å². The van der Waals surface area contributed by atoms with Crippen molar-refractivity contribution in [1.29, 1.82) is 0 Å². The molecule has 2 N–H and O–H groups in total. The van der Waals surface area contributed by atoms with Crippen LogP contribution in [0.2, 0.25) is 0 Å². The third-order valence-electron chi connectivity index (χ3n) is 7.46. The molecule has 0 atom stereocenters. The Morgan fingerprint density at radius 3 is 2.65 bits per heavy atom. The highest BCUT2D eigenvalue weighted by atomic mass is 16.5. The van der Waals surface area contributed by atoms with Gasteiger partial charge in [0, 0.05) is 61.4 Å². The third-order valence-corrected chi connectivity index (χ3v) is 7.46. The number of hydrogen-bond donors (Lipinski definition) is 2. The van der Waals surface area contributed by atoms with Gasteiger partial charge in [-0.05, 0) is 37.3 Å². The summed E-state index contributed by atoms with van der Waals surface area (Å²) in [4.78, 5) is 37.7. The zero-order valence-corrected chi connectivity index (χ0v) is 18.9. The van der Waals surface area contributed by atoms with Gasteiger partial charge in [0.15, 0.2) is 0 Å². The van der Waals surface area contributed by atoms with Crippen molar-refractivity contribution in [2.45, 2.75) is 31.3 Å². The van der Waals surface area contributed by atoms with Crippen LogP contribution in [0.5, 0.6) is 5.75 Å². The van der Waals surface area contributed by atoms with Gasteiger partial charge in [0.1, 0.15) is 17.0 Å². The molecule has 3 aliphatic carbocycles. The van der Waals surface area contributed by atoms with Gasteiger partial charge in [-0.25, -0.2) is 4.98 Å². The van der Waals surface area contributed by atoms with Crippen molar-refractivity contribution in [3.63, 3.8) is 0 Å². The van der Waals surface area contributed by atoms with Gasteiger partial charge < -0.3 is 15.2 Å². The Hall–Kier alpha value is -3.30. The van der Waals surface area contributed by atoms with Crippen LogP contribution in [0.1, 0.15) is 29.6 Å². The van der Waals surface area contributed by atoms with Crippen LogP contribution in [-0.4, -0.2) is 68.8 Å². The maximum absolute atomic E-state index is 13.5. The molecular weight excluding hydrogens is 434 g/mol. The number of carbonyl (C=O) groups excluding carboxylic acids is 1. The van der Waals surface area contributed by atoms with Gasteiger partial charge in [-0.1, -0.05) is 6.07 Å². The van der Waals surface area contributed by atoms with Gasteiger partial charge in [0.2, 0.25) is 0 Å². The van der Waals surface area contributed by atoms with E-state index in [2.05, 4.69) is 20.2 Å². The molecule has 3 aromatic heterocycles. The number of aromatic hydroxyl groups is 1. The highest BCUT2D eigenvalue weighted by molar-refractivity contribution is 6.02. The quantitative estimate of drug-likeness (QED) is 0.576. The van der Waals surface area contributed by atoms with Crippen molar-refractivity contribution in [3.05, 3.63) is 52.7 Å². The van der Waals surface area contributed by atoms with Gasteiger partial charge in [0.25, 0.3) is 11.5 Å². The number of hydrogen-bond acceptors (Lipinski definition) is 7. The van der Waals surface area contributed by atoms with E-state index in [-0.39, 0.29) is 16.9 Å². The summed E-state index contributed by atoms with van der Waals surface area (Å²) in [6.45, 7) is 3.90. The lowest BCUT2D eigenvalue weighted by Crippen LogP contribution is -2.68. The SMILES string of the molecule is O=C(NC12CC(C1)C2)c1c(O)c2cc(-c3cccnc3)cnc2n(CCN2CCOCC2)c1=O. The van der Waals surface area contributed by atoms with Crippen LogP contribution in [0.15, 0.2) is 41.6 Å². The first-order chi connectivity index (χ1) is 16.5. The first-order valence-corrected chi connectivity index (χ1v) is 11.8. The second-order valence-corrected chi connectivity index (χ2v) is 9.68.